The number of para-hydroxylation sites is 1. The number of hydrazone groups is 1. The summed E-state index contributed by atoms with van der Waals surface area (Å²) < 4.78 is 5.18. The topological polar surface area (TPSA) is 89.6 Å². The highest BCUT2D eigenvalue weighted by atomic mass is 16.6. The van der Waals surface area contributed by atoms with Crippen LogP contribution in [0.4, 0.5) is 11.4 Å². The minimum Gasteiger partial charge on any atom is -0.480 e. The van der Waals surface area contributed by atoms with Crippen LogP contribution in [0, 0.1) is 10.1 Å². The van der Waals surface area contributed by atoms with Gasteiger partial charge in [-0.05, 0) is 13.0 Å². The number of nitrogens with one attached hydrogen (secondary N) is 1. The van der Waals surface area contributed by atoms with Crippen LogP contribution in [-0.4, -0.2) is 22.4 Å². The zero-order valence-electron chi connectivity index (χ0n) is 11.2. The van der Waals surface area contributed by atoms with Crippen molar-refractivity contribution in [1.82, 2.24) is 4.98 Å². The largest absolute Gasteiger partial charge is 0.480 e. The summed E-state index contributed by atoms with van der Waals surface area (Å²) in [6, 6.07) is 7.14. The molecule has 0 radical (unpaired) electrons. The van der Waals surface area contributed by atoms with Gasteiger partial charge in [-0.15, -0.1) is 5.10 Å². The van der Waals surface area contributed by atoms with Gasteiger partial charge in [0.15, 0.2) is 0 Å². The minimum atomic E-state index is -0.493. The van der Waals surface area contributed by atoms with Crippen LogP contribution in [0.1, 0.15) is 13.8 Å². The Morgan fingerprint density at radius 3 is 2.95 bits per heavy atom. The lowest BCUT2D eigenvalue weighted by atomic mass is 10.2. The number of benzene rings is 1. The van der Waals surface area contributed by atoms with E-state index in [0.29, 0.717) is 29.1 Å². The summed E-state index contributed by atoms with van der Waals surface area (Å²) in [6.45, 7) is 3.99. The van der Waals surface area contributed by atoms with Gasteiger partial charge in [0.25, 0.3) is 0 Å². The highest BCUT2D eigenvalue weighted by Gasteiger charge is 2.17. The van der Waals surface area contributed by atoms with Crippen LogP contribution in [0.3, 0.4) is 0 Å². The Balaban J connectivity index is 2.50. The third-order valence-corrected chi connectivity index (χ3v) is 2.63. The summed E-state index contributed by atoms with van der Waals surface area (Å²) in [4.78, 5) is 14.7. The molecule has 1 aromatic carbocycles. The van der Waals surface area contributed by atoms with Crippen LogP contribution in [-0.2, 0) is 4.74 Å². The lowest BCUT2D eigenvalue weighted by molar-refractivity contribution is -0.384. The fraction of sp³-hybridized carbons (Fsp3) is 0.231. The van der Waals surface area contributed by atoms with E-state index in [1.807, 2.05) is 13.0 Å². The van der Waals surface area contributed by atoms with Crippen molar-refractivity contribution in [2.45, 2.75) is 13.8 Å². The highest BCUT2D eigenvalue weighted by Crippen LogP contribution is 2.31. The molecule has 0 bridgehead atoms. The molecule has 1 N–H and O–H groups in total. The van der Waals surface area contributed by atoms with E-state index in [4.69, 9.17) is 4.74 Å². The standard InChI is InChI=1S/C13H14N4O3/c1-3-20-9(2)15-16-13-10-6-4-5-7-11(10)14-8-12(13)17(18)19/h4-8H,3H2,1-2H3,(H,14,16). The summed E-state index contributed by atoms with van der Waals surface area (Å²) in [5.41, 5.74) is 3.54. The zero-order valence-corrected chi connectivity index (χ0v) is 11.2. The smallest absolute Gasteiger partial charge is 0.312 e. The maximum atomic E-state index is 11.1. The molecule has 0 amide bonds. The molecule has 0 spiro atoms. The first-order valence-electron chi connectivity index (χ1n) is 6.08. The quantitative estimate of drug-likeness (QED) is 0.400. The maximum absolute atomic E-state index is 11.1. The summed E-state index contributed by atoms with van der Waals surface area (Å²) in [6.07, 6.45) is 1.22. The lowest BCUT2D eigenvalue weighted by Gasteiger charge is -2.07. The summed E-state index contributed by atoms with van der Waals surface area (Å²) in [5, 5.41) is 15.7. The van der Waals surface area contributed by atoms with Gasteiger partial charge in [0.1, 0.15) is 11.9 Å². The van der Waals surface area contributed by atoms with E-state index in [-0.39, 0.29) is 5.69 Å². The SMILES string of the molecule is CCOC(C)=NNc1c([N+](=O)[O-])cnc2ccccc12. The van der Waals surface area contributed by atoms with E-state index in [2.05, 4.69) is 15.5 Å². The van der Waals surface area contributed by atoms with Gasteiger partial charge in [0, 0.05) is 12.3 Å². The number of hydrogen-bond donors (Lipinski definition) is 1. The van der Waals surface area contributed by atoms with Crippen LogP contribution in [0.5, 0.6) is 0 Å². The van der Waals surface area contributed by atoms with Gasteiger partial charge in [0.2, 0.25) is 5.90 Å². The van der Waals surface area contributed by atoms with Crippen molar-refractivity contribution in [3.8, 4) is 0 Å². The van der Waals surface area contributed by atoms with Gasteiger partial charge in [0.05, 0.1) is 17.0 Å². The molecule has 2 aromatic rings. The Kier molecular flexibility index (Phi) is 4.09. The van der Waals surface area contributed by atoms with Crippen molar-refractivity contribution in [3.63, 3.8) is 0 Å². The van der Waals surface area contributed by atoms with Crippen LogP contribution in [0.15, 0.2) is 35.6 Å². The van der Waals surface area contributed by atoms with Gasteiger partial charge in [-0.3, -0.25) is 15.5 Å². The molecule has 2 rings (SSSR count). The Morgan fingerprint density at radius 1 is 1.50 bits per heavy atom. The molecular weight excluding hydrogens is 260 g/mol. The second-order valence-electron chi connectivity index (χ2n) is 3.97. The summed E-state index contributed by atoms with van der Waals surface area (Å²) in [7, 11) is 0. The second kappa shape index (κ2) is 5.96. The molecular formula is C13H14N4O3. The highest BCUT2D eigenvalue weighted by molar-refractivity contribution is 5.95. The molecule has 104 valence electrons. The summed E-state index contributed by atoms with van der Waals surface area (Å²) in [5.74, 6) is 0.405. The predicted octanol–water partition coefficient (Wildman–Crippen LogP) is 2.92. The molecule has 20 heavy (non-hydrogen) atoms. The number of nitro groups is 1. The number of hydrogen-bond acceptors (Lipinski definition) is 6. The normalized spacial score (nSPS) is 11.4. The molecule has 0 aliphatic carbocycles. The van der Waals surface area contributed by atoms with Crippen LogP contribution < -0.4 is 5.43 Å². The first kappa shape index (κ1) is 13.7. The number of aromatic nitrogens is 1. The third-order valence-electron chi connectivity index (χ3n) is 2.63. The first-order chi connectivity index (χ1) is 9.63. The van der Waals surface area contributed by atoms with Gasteiger partial charge in [-0.1, -0.05) is 18.2 Å². The van der Waals surface area contributed by atoms with E-state index in [9.17, 15) is 10.1 Å². The van der Waals surface area contributed by atoms with Crippen molar-refractivity contribution >= 4 is 28.2 Å². The number of nitrogens with zero attached hydrogens (tertiary/aromatic N) is 3. The van der Waals surface area contributed by atoms with Crippen LogP contribution in [0.25, 0.3) is 10.9 Å². The van der Waals surface area contributed by atoms with Gasteiger partial charge in [-0.25, -0.2) is 4.98 Å². The monoisotopic (exact) mass is 274 g/mol. The number of pyridine rings is 1. The maximum Gasteiger partial charge on any atom is 0.312 e. The average Bonchev–Trinajstić information content (AvgIpc) is 2.44. The van der Waals surface area contributed by atoms with Crippen molar-refractivity contribution in [2.75, 3.05) is 12.0 Å². The molecule has 7 nitrogen and oxygen atoms in total. The zero-order chi connectivity index (χ0) is 14.5. The number of anilines is 1. The molecule has 0 saturated heterocycles. The molecule has 0 unspecified atom stereocenters. The molecule has 1 aromatic heterocycles. The van der Waals surface area contributed by atoms with Crippen LogP contribution in [0.2, 0.25) is 0 Å². The number of rotatable bonds is 4. The van der Waals surface area contributed by atoms with Crippen LogP contribution >= 0.6 is 0 Å². The molecule has 0 fully saturated rings. The minimum absolute atomic E-state index is 0.128. The Bertz CT molecular complexity index is 670. The fourth-order valence-electron chi connectivity index (χ4n) is 1.76. The third kappa shape index (κ3) is 2.82. The second-order valence-corrected chi connectivity index (χ2v) is 3.97. The first-order valence-corrected chi connectivity index (χ1v) is 6.08. The van der Waals surface area contributed by atoms with Gasteiger partial charge >= 0.3 is 5.69 Å². The Labute approximate surface area is 115 Å². The molecule has 0 saturated carbocycles. The van der Waals surface area contributed by atoms with E-state index in [0.717, 1.165) is 0 Å². The Morgan fingerprint density at radius 2 is 2.25 bits per heavy atom. The predicted molar refractivity (Wildman–Crippen MR) is 76.8 cm³/mol. The summed E-state index contributed by atoms with van der Waals surface area (Å²) >= 11 is 0. The van der Waals surface area contributed by atoms with E-state index in [1.165, 1.54) is 6.20 Å². The van der Waals surface area contributed by atoms with Gasteiger partial charge in [-0.2, -0.15) is 0 Å². The molecule has 0 atom stereocenters. The van der Waals surface area contributed by atoms with Crippen molar-refractivity contribution in [3.05, 3.63) is 40.6 Å². The molecule has 1 heterocycles. The van der Waals surface area contributed by atoms with Crippen molar-refractivity contribution in [1.29, 1.82) is 0 Å². The lowest BCUT2D eigenvalue weighted by Crippen LogP contribution is -2.04. The van der Waals surface area contributed by atoms with Gasteiger partial charge < -0.3 is 4.74 Å². The molecule has 0 aliphatic heterocycles. The van der Waals surface area contributed by atoms with E-state index in [1.54, 1.807) is 25.1 Å². The number of fused-ring (bicyclic) bond motifs is 1. The fourth-order valence-corrected chi connectivity index (χ4v) is 1.76. The number of ether oxygens (including phenoxy) is 1. The van der Waals surface area contributed by atoms with Crippen molar-refractivity contribution in [2.24, 2.45) is 5.10 Å². The molecule has 7 heteroatoms. The van der Waals surface area contributed by atoms with Crippen molar-refractivity contribution < 1.29 is 9.66 Å². The van der Waals surface area contributed by atoms with E-state index < -0.39 is 4.92 Å². The average molecular weight is 274 g/mol. The molecule has 0 aliphatic rings. The van der Waals surface area contributed by atoms with E-state index >= 15 is 0 Å². The Hall–Kier alpha value is -2.70.